The summed E-state index contributed by atoms with van der Waals surface area (Å²) >= 11 is 0. The van der Waals surface area contributed by atoms with Crippen molar-refractivity contribution in [2.45, 2.75) is 13.8 Å². The van der Waals surface area contributed by atoms with E-state index in [1.165, 1.54) is 5.56 Å². The molecule has 0 saturated heterocycles. The summed E-state index contributed by atoms with van der Waals surface area (Å²) < 4.78 is 0. The molecule has 20 heavy (non-hydrogen) atoms. The van der Waals surface area contributed by atoms with Crippen molar-refractivity contribution in [2.75, 3.05) is 5.32 Å². The summed E-state index contributed by atoms with van der Waals surface area (Å²) in [6.45, 7) is 4.13. The van der Waals surface area contributed by atoms with Crippen LogP contribution >= 0.6 is 0 Å². The molecule has 0 spiro atoms. The first-order valence-corrected chi connectivity index (χ1v) is 6.62. The van der Waals surface area contributed by atoms with Gasteiger partial charge in [-0.1, -0.05) is 18.2 Å². The third kappa shape index (κ3) is 2.30. The number of phenolic OH excluding ortho intramolecular Hbond substituents is 1. The van der Waals surface area contributed by atoms with E-state index >= 15 is 0 Å². The number of aromatic nitrogens is 1. The highest BCUT2D eigenvalue weighted by Crippen LogP contribution is 2.27. The van der Waals surface area contributed by atoms with Crippen LogP contribution in [0.25, 0.3) is 10.9 Å². The first-order valence-electron chi connectivity index (χ1n) is 6.62. The molecule has 0 radical (unpaired) electrons. The minimum atomic E-state index is 0.259. The van der Waals surface area contributed by atoms with Gasteiger partial charge < -0.3 is 10.4 Å². The fraction of sp³-hybridized carbons (Fsp3) is 0.118. The number of fused-ring (bicyclic) bond motifs is 1. The second-order valence-corrected chi connectivity index (χ2v) is 5.04. The maximum Gasteiger partial charge on any atom is 0.216 e. The standard InChI is InChI=1S/C17H16N2O/c1-11-5-3-8-15-16(9-12(2)18-17(11)15)19-13-6-4-7-14(20)10-13/h3-10,20H,1-2H3,(H,18,19)/p+1. The zero-order chi connectivity index (χ0) is 14.1. The van der Waals surface area contributed by atoms with Gasteiger partial charge in [0.2, 0.25) is 5.52 Å². The van der Waals surface area contributed by atoms with Crippen molar-refractivity contribution in [2.24, 2.45) is 0 Å². The molecule has 0 bridgehead atoms. The van der Waals surface area contributed by atoms with Gasteiger partial charge in [0.05, 0.1) is 11.1 Å². The molecule has 0 saturated carbocycles. The molecule has 0 unspecified atom stereocenters. The zero-order valence-corrected chi connectivity index (χ0v) is 11.6. The average Bonchev–Trinajstić information content (AvgIpc) is 2.40. The van der Waals surface area contributed by atoms with Crippen LogP contribution < -0.4 is 10.3 Å². The molecule has 0 fully saturated rings. The van der Waals surface area contributed by atoms with Crippen LogP contribution in [0.4, 0.5) is 11.4 Å². The Morgan fingerprint density at radius 1 is 1.00 bits per heavy atom. The number of para-hydroxylation sites is 1. The van der Waals surface area contributed by atoms with Gasteiger partial charge in [0.25, 0.3) is 0 Å². The molecule has 0 aliphatic rings. The molecule has 2 aromatic carbocycles. The Bertz CT molecular complexity index is 781. The van der Waals surface area contributed by atoms with Crippen LogP contribution in [0.3, 0.4) is 0 Å². The minimum Gasteiger partial charge on any atom is -0.508 e. The van der Waals surface area contributed by atoms with Gasteiger partial charge in [-0.05, 0) is 25.1 Å². The highest BCUT2D eigenvalue weighted by atomic mass is 16.3. The molecule has 3 N–H and O–H groups in total. The van der Waals surface area contributed by atoms with E-state index in [0.717, 1.165) is 28.0 Å². The summed E-state index contributed by atoms with van der Waals surface area (Å²) in [5.74, 6) is 0.259. The summed E-state index contributed by atoms with van der Waals surface area (Å²) in [6, 6.07) is 15.5. The van der Waals surface area contributed by atoms with Gasteiger partial charge in [0.1, 0.15) is 5.75 Å². The van der Waals surface area contributed by atoms with E-state index in [2.05, 4.69) is 41.5 Å². The van der Waals surface area contributed by atoms with Gasteiger partial charge in [-0.25, -0.2) is 4.98 Å². The Balaban J connectivity index is 2.14. The second kappa shape index (κ2) is 4.85. The fourth-order valence-electron chi connectivity index (χ4n) is 2.43. The highest BCUT2D eigenvalue weighted by Gasteiger charge is 2.11. The van der Waals surface area contributed by atoms with Crippen molar-refractivity contribution in [3.05, 3.63) is 59.8 Å². The van der Waals surface area contributed by atoms with Crippen LogP contribution in [0.2, 0.25) is 0 Å². The van der Waals surface area contributed by atoms with E-state index in [4.69, 9.17) is 0 Å². The predicted octanol–water partition coefficient (Wildman–Crippen LogP) is 3.72. The number of aryl methyl sites for hydroxylation is 2. The summed E-state index contributed by atoms with van der Waals surface area (Å²) in [6.07, 6.45) is 0. The SMILES string of the molecule is Cc1cc(Nc2cccc(O)c2)c2cccc(C)c2[nH+]1. The quantitative estimate of drug-likeness (QED) is 0.741. The molecule has 0 atom stereocenters. The number of aromatic amines is 1. The zero-order valence-electron chi connectivity index (χ0n) is 11.6. The van der Waals surface area contributed by atoms with Crippen LogP contribution in [-0.2, 0) is 0 Å². The first-order chi connectivity index (χ1) is 9.63. The highest BCUT2D eigenvalue weighted by molar-refractivity contribution is 5.92. The molecule has 0 aliphatic heterocycles. The van der Waals surface area contributed by atoms with E-state index in [9.17, 15) is 5.11 Å². The van der Waals surface area contributed by atoms with Crippen molar-refractivity contribution in [3.8, 4) is 5.75 Å². The number of rotatable bonds is 2. The smallest absolute Gasteiger partial charge is 0.216 e. The van der Waals surface area contributed by atoms with Crippen LogP contribution in [0, 0.1) is 13.8 Å². The Labute approximate surface area is 117 Å². The Morgan fingerprint density at radius 2 is 1.80 bits per heavy atom. The van der Waals surface area contributed by atoms with Crippen LogP contribution in [-0.4, -0.2) is 5.11 Å². The maximum absolute atomic E-state index is 9.56. The lowest BCUT2D eigenvalue weighted by Gasteiger charge is -2.09. The minimum absolute atomic E-state index is 0.259. The van der Waals surface area contributed by atoms with Crippen molar-refractivity contribution in [1.29, 1.82) is 0 Å². The fourth-order valence-corrected chi connectivity index (χ4v) is 2.43. The van der Waals surface area contributed by atoms with Crippen molar-refractivity contribution in [1.82, 2.24) is 0 Å². The molecule has 1 aromatic heterocycles. The Morgan fingerprint density at radius 3 is 2.60 bits per heavy atom. The number of aromatic hydroxyl groups is 1. The molecule has 0 aliphatic carbocycles. The molecule has 1 heterocycles. The predicted molar refractivity (Wildman–Crippen MR) is 81.4 cm³/mol. The topological polar surface area (TPSA) is 46.4 Å². The van der Waals surface area contributed by atoms with E-state index in [-0.39, 0.29) is 5.75 Å². The molecule has 3 rings (SSSR count). The number of H-pyrrole nitrogens is 1. The normalized spacial score (nSPS) is 10.7. The van der Waals surface area contributed by atoms with Crippen molar-refractivity contribution >= 4 is 22.3 Å². The third-order valence-corrected chi connectivity index (χ3v) is 3.37. The van der Waals surface area contributed by atoms with Crippen molar-refractivity contribution < 1.29 is 10.1 Å². The summed E-state index contributed by atoms with van der Waals surface area (Å²) in [5.41, 5.74) is 5.35. The number of nitrogens with one attached hydrogen (secondary N) is 2. The van der Waals surface area contributed by atoms with Crippen molar-refractivity contribution in [3.63, 3.8) is 0 Å². The van der Waals surface area contributed by atoms with E-state index in [0.29, 0.717) is 0 Å². The lowest BCUT2D eigenvalue weighted by Crippen LogP contribution is -2.11. The number of hydrogen-bond donors (Lipinski definition) is 2. The number of anilines is 2. The molecular formula is C17H17N2O+. The lowest BCUT2D eigenvalue weighted by molar-refractivity contribution is -0.354. The number of benzene rings is 2. The number of hydrogen-bond acceptors (Lipinski definition) is 2. The molecule has 3 aromatic rings. The summed E-state index contributed by atoms with van der Waals surface area (Å²) in [4.78, 5) is 3.41. The van der Waals surface area contributed by atoms with Gasteiger partial charge in [-0.15, -0.1) is 0 Å². The molecule has 0 amide bonds. The lowest BCUT2D eigenvalue weighted by atomic mass is 10.1. The summed E-state index contributed by atoms with van der Waals surface area (Å²) in [7, 11) is 0. The van der Waals surface area contributed by atoms with Gasteiger partial charge in [0, 0.05) is 30.3 Å². The van der Waals surface area contributed by atoms with Crippen LogP contribution in [0.15, 0.2) is 48.5 Å². The average molecular weight is 265 g/mol. The van der Waals surface area contributed by atoms with E-state index in [1.54, 1.807) is 12.1 Å². The number of phenols is 1. The Hall–Kier alpha value is -2.55. The van der Waals surface area contributed by atoms with E-state index in [1.807, 2.05) is 19.1 Å². The van der Waals surface area contributed by atoms with Gasteiger partial charge in [-0.2, -0.15) is 0 Å². The largest absolute Gasteiger partial charge is 0.508 e. The van der Waals surface area contributed by atoms with Gasteiger partial charge in [-0.3, -0.25) is 0 Å². The molecule has 100 valence electrons. The Kier molecular flexibility index (Phi) is 3.03. The first kappa shape index (κ1) is 12.5. The van der Waals surface area contributed by atoms with Crippen LogP contribution in [0.1, 0.15) is 11.3 Å². The van der Waals surface area contributed by atoms with Crippen LogP contribution in [0.5, 0.6) is 5.75 Å². The van der Waals surface area contributed by atoms with E-state index < -0.39 is 0 Å². The molecule has 3 nitrogen and oxygen atoms in total. The molecule has 3 heteroatoms. The second-order valence-electron chi connectivity index (χ2n) is 5.04. The summed E-state index contributed by atoms with van der Waals surface area (Å²) in [5, 5.41) is 14.1. The van der Waals surface area contributed by atoms with Gasteiger partial charge in [0.15, 0.2) is 5.69 Å². The third-order valence-electron chi connectivity index (χ3n) is 3.37. The monoisotopic (exact) mass is 265 g/mol. The maximum atomic E-state index is 9.56. The molecular weight excluding hydrogens is 248 g/mol. The number of pyridine rings is 1. The van der Waals surface area contributed by atoms with Gasteiger partial charge >= 0.3 is 0 Å².